The van der Waals surface area contributed by atoms with E-state index < -0.39 is 0 Å². The van der Waals surface area contributed by atoms with Gasteiger partial charge in [0.05, 0.1) is 20.0 Å². The predicted molar refractivity (Wildman–Crippen MR) is 156 cm³/mol. The van der Waals surface area contributed by atoms with Crippen LogP contribution >= 0.6 is 0 Å². The van der Waals surface area contributed by atoms with E-state index in [-0.39, 0.29) is 23.8 Å². The SMILES string of the molecule is COc1cccc(C(=O)Cn2cnc3c(C(=O)N(C)C)c(N4CCCCC4)n(CC4=CC=CC=CC4)c3c2=O)c1. The van der Waals surface area contributed by atoms with Crippen LogP contribution in [0, 0.1) is 0 Å². The van der Waals surface area contributed by atoms with Gasteiger partial charge in [0.25, 0.3) is 11.5 Å². The summed E-state index contributed by atoms with van der Waals surface area (Å²) in [6.07, 6.45) is 15.4. The summed E-state index contributed by atoms with van der Waals surface area (Å²) in [5.74, 6) is 0.866. The van der Waals surface area contributed by atoms with E-state index in [0.29, 0.717) is 34.5 Å². The largest absolute Gasteiger partial charge is 0.497 e. The van der Waals surface area contributed by atoms with Crippen LogP contribution in [0.3, 0.4) is 0 Å². The number of ketones is 1. The second-order valence-corrected chi connectivity index (χ2v) is 10.4. The molecule has 2 aliphatic rings. The van der Waals surface area contributed by atoms with Crippen molar-refractivity contribution in [2.75, 3.05) is 39.2 Å². The van der Waals surface area contributed by atoms with Gasteiger partial charge in [-0.1, -0.05) is 42.5 Å². The van der Waals surface area contributed by atoms with E-state index in [2.05, 4.69) is 22.0 Å². The minimum atomic E-state index is -0.349. The van der Waals surface area contributed by atoms with Crippen molar-refractivity contribution in [3.05, 3.63) is 88.0 Å². The Hall–Kier alpha value is -4.40. The molecule has 1 fully saturated rings. The van der Waals surface area contributed by atoms with E-state index in [1.165, 1.54) is 15.8 Å². The molecule has 1 aromatic carbocycles. The second-order valence-electron chi connectivity index (χ2n) is 10.4. The van der Waals surface area contributed by atoms with E-state index in [1.54, 1.807) is 45.5 Å². The summed E-state index contributed by atoms with van der Waals surface area (Å²) < 4.78 is 8.55. The summed E-state index contributed by atoms with van der Waals surface area (Å²) in [6, 6.07) is 6.87. The van der Waals surface area contributed by atoms with Crippen molar-refractivity contribution in [2.45, 2.75) is 38.8 Å². The number of ether oxygens (including phenoxy) is 1. The number of piperidine rings is 1. The Balaban J connectivity index is 1.69. The summed E-state index contributed by atoms with van der Waals surface area (Å²) in [5.41, 5.74) is 2.34. The van der Waals surface area contributed by atoms with E-state index in [4.69, 9.17) is 4.74 Å². The third-order valence-electron chi connectivity index (χ3n) is 7.41. The highest BCUT2D eigenvalue weighted by molar-refractivity contribution is 6.10. The molecule has 0 atom stereocenters. The molecule has 0 spiro atoms. The number of carbonyl (C=O) groups is 2. The zero-order valence-corrected chi connectivity index (χ0v) is 23.3. The maximum absolute atomic E-state index is 14.1. The lowest BCUT2D eigenvalue weighted by Gasteiger charge is -2.31. The normalized spacial score (nSPS) is 15.2. The van der Waals surface area contributed by atoms with Gasteiger partial charge >= 0.3 is 0 Å². The average molecular weight is 542 g/mol. The Morgan fingerprint density at radius 1 is 1.07 bits per heavy atom. The van der Waals surface area contributed by atoms with Crippen molar-refractivity contribution in [1.29, 1.82) is 0 Å². The van der Waals surface area contributed by atoms with Crippen LogP contribution in [0.2, 0.25) is 0 Å². The lowest BCUT2D eigenvalue weighted by molar-refractivity contribution is 0.0829. The third kappa shape index (κ3) is 5.36. The first-order chi connectivity index (χ1) is 19.4. The topological polar surface area (TPSA) is 89.7 Å². The zero-order chi connectivity index (χ0) is 28.2. The highest BCUT2D eigenvalue weighted by Crippen LogP contribution is 2.34. The molecule has 208 valence electrons. The number of fused-ring (bicyclic) bond motifs is 1. The molecular weight excluding hydrogens is 506 g/mol. The van der Waals surface area contributed by atoms with Gasteiger partial charge in [0.15, 0.2) is 5.78 Å². The summed E-state index contributed by atoms with van der Waals surface area (Å²) in [4.78, 5) is 49.4. The fourth-order valence-electron chi connectivity index (χ4n) is 5.36. The van der Waals surface area contributed by atoms with Gasteiger partial charge in [0, 0.05) is 39.3 Å². The fourth-order valence-corrected chi connectivity index (χ4v) is 5.36. The van der Waals surface area contributed by atoms with Crippen LogP contribution in [0.1, 0.15) is 46.4 Å². The molecule has 9 nitrogen and oxygen atoms in total. The monoisotopic (exact) mass is 541 g/mol. The highest BCUT2D eigenvalue weighted by Gasteiger charge is 2.31. The quantitative estimate of drug-likeness (QED) is 0.397. The molecule has 1 amide bonds. The maximum Gasteiger partial charge on any atom is 0.278 e. The number of nitrogens with zero attached hydrogens (tertiary/aromatic N) is 5. The van der Waals surface area contributed by atoms with Gasteiger partial charge in [-0.25, -0.2) is 4.98 Å². The minimum Gasteiger partial charge on any atom is -0.497 e. The number of hydrogen-bond donors (Lipinski definition) is 0. The molecule has 0 bridgehead atoms. The molecule has 2 aromatic heterocycles. The standard InChI is InChI=1S/C31H35N5O4/c1-33(2)30(38)26-27-28(31(39)35(21-32-27)20-25(37)23-14-11-15-24(18-23)40-3)36(19-22-12-7-4-5-8-13-22)29(26)34-16-9-6-10-17-34/h4-5,7-8,11-12,14-15,18,21H,6,9-10,13,16-17,19-20H2,1-3H3. The molecule has 3 aromatic rings. The number of carbonyl (C=O) groups excluding carboxylic acids is 2. The number of Topliss-reactive ketones (excluding diaryl/α,β-unsaturated/α-hetero) is 1. The van der Waals surface area contributed by atoms with Crippen molar-refractivity contribution < 1.29 is 14.3 Å². The number of aromatic nitrogens is 3. The number of rotatable bonds is 8. The van der Waals surface area contributed by atoms with Gasteiger partial charge in [-0.3, -0.25) is 19.0 Å². The molecule has 1 aliphatic carbocycles. The van der Waals surface area contributed by atoms with Gasteiger partial charge in [-0.15, -0.1) is 0 Å². The lowest BCUT2D eigenvalue weighted by Crippen LogP contribution is -2.34. The number of methoxy groups -OCH3 is 1. The molecule has 0 N–H and O–H groups in total. The van der Waals surface area contributed by atoms with Crippen molar-refractivity contribution >= 4 is 28.5 Å². The first kappa shape index (κ1) is 27.2. The van der Waals surface area contributed by atoms with E-state index >= 15 is 0 Å². The molecule has 3 heterocycles. The highest BCUT2D eigenvalue weighted by atomic mass is 16.5. The van der Waals surface area contributed by atoms with E-state index in [9.17, 15) is 14.4 Å². The van der Waals surface area contributed by atoms with Crippen LogP contribution in [0.5, 0.6) is 5.75 Å². The first-order valence-corrected chi connectivity index (χ1v) is 13.7. The summed E-state index contributed by atoms with van der Waals surface area (Å²) in [5, 5.41) is 0. The van der Waals surface area contributed by atoms with Crippen molar-refractivity contribution in [2.24, 2.45) is 0 Å². The number of benzene rings is 1. The molecule has 0 radical (unpaired) electrons. The van der Waals surface area contributed by atoms with Crippen LogP contribution in [0.25, 0.3) is 11.0 Å². The van der Waals surface area contributed by atoms with Crippen LogP contribution in [-0.2, 0) is 13.1 Å². The molecule has 0 unspecified atom stereocenters. The molecule has 5 rings (SSSR count). The minimum absolute atomic E-state index is 0.176. The number of allylic oxidation sites excluding steroid dienone is 6. The number of anilines is 1. The zero-order valence-electron chi connectivity index (χ0n) is 23.3. The van der Waals surface area contributed by atoms with Crippen LogP contribution in [0.15, 0.2) is 71.3 Å². The smallest absolute Gasteiger partial charge is 0.278 e. The van der Waals surface area contributed by atoms with Crippen LogP contribution in [-0.4, -0.2) is 65.0 Å². The fraction of sp³-hybridized carbons (Fsp3) is 0.355. The lowest BCUT2D eigenvalue weighted by atomic mass is 10.1. The van der Waals surface area contributed by atoms with Gasteiger partial charge in [0.1, 0.15) is 28.2 Å². The second kappa shape index (κ2) is 11.8. The number of hydrogen-bond acceptors (Lipinski definition) is 6. The summed E-state index contributed by atoms with van der Waals surface area (Å²) in [7, 11) is 4.97. The van der Waals surface area contributed by atoms with Gasteiger partial charge in [-0.05, 0) is 43.4 Å². The van der Waals surface area contributed by atoms with Crippen molar-refractivity contribution in [1.82, 2.24) is 19.0 Å². The average Bonchev–Trinajstić information content (AvgIpc) is 3.09. The third-order valence-corrected chi connectivity index (χ3v) is 7.41. The van der Waals surface area contributed by atoms with Crippen LogP contribution < -0.4 is 15.2 Å². The molecular formula is C31H35N5O4. The Morgan fingerprint density at radius 2 is 1.88 bits per heavy atom. The molecule has 9 heteroatoms. The van der Waals surface area contributed by atoms with Gasteiger partial charge in [0.2, 0.25) is 0 Å². The van der Waals surface area contributed by atoms with E-state index in [0.717, 1.165) is 50.2 Å². The van der Waals surface area contributed by atoms with Crippen molar-refractivity contribution in [3.63, 3.8) is 0 Å². The van der Waals surface area contributed by atoms with Gasteiger partial charge in [-0.2, -0.15) is 0 Å². The molecule has 40 heavy (non-hydrogen) atoms. The van der Waals surface area contributed by atoms with Crippen LogP contribution in [0.4, 0.5) is 5.82 Å². The Labute approximate surface area is 233 Å². The molecule has 1 saturated heterocycles. The molecule has 0 saturated carbocycles. The predicted octanol–water partition coefficient (Wildman–Crippen LogP) is 4.22. The molecule has 1 aliphatic heterocycles. The Bertz CT molecular complexity index is 1580. The Kier molecular flexibility index (Phi) is 8.00. The maximum atomic E-state index is 14.1. The number of amides is 1. The van der Waals surface area contributed by atoms with Gasteiger partial charge < -0.3 is 19.1 Å². The first-order valence-electron chi connectivity index (χ1n) is 13.7. The Morgan fingerprint density at radius 3 is 2.62 bits per heavy atom. The van der Waals surface area contributed by atoms with E-state index in [1.807, 2.05) is 22.8 Å². The summed E-state index contributed by atoms with van der Waals surface area (Å²) >= 11 is 0. The summed E-state index contributed by atoms with van der Waals surface area (Å²) in [6.45, 7) is 1.85. The van der Waals surface area contributed by atoms with Crippen molar-refractivity contribution in [3.8, 4) is 5.75 Å².